The molecule has 2 heterocycles. The number of halogens is 1. The number of fused-ring (bicyclic) bond motifs is 1. The molecule has 6 nitrogen and oxygen atoms in total. The fraction of sp³-hybridized carbons (Fsp3) is 0.500. The summed E-state index contributed by atoms with van der Waals surface area (Å²) >= 11 is 6.36. The van der Waals surface area contributed by atoms with Crippen molar-refractivity contribution in [2.24, 2.45) is 11.7 Å². The lowest BCUT2D eigenvalue weighted by Gasteiger charge is -2.33. The lowest BCUT2D eigenvalue weighted by molar-refractivity contribution is -0.139. The third-order valence-electron chi connectivity index (χ3n) is 5.42. The fourth-order valence-corrected chi connectivity index (χ4v) is 3.63. The highest BCUT2D eigenvalue weighted by Gasteiger charge is 2.27. The monoisotopic (exact) mass is 392 g/mol. The number of amides is 1. The molecule has 1 aliphatic rings. The molecule has 0 bridgehead atoms. The Morgan fingerprint density at radius 2 is 2.00 bits per heavy atom. The Bertz CT molecular complexity index is 916. The smallest absolute Gasteiger partial charge is 0.339 e. The molecule has 0 aliphatic carbocycles. The van der Waals surface area contributed by atoms with Gasteiger partial charge in [0, 0.05) is 30.1 Å². The molecule has 1 unspecified atom stereocenters. The maximum absolute atomic E-state index is 12.7. The number of piperidine rings is 1. The third-order valence-corrected chi connectivity index (χ3v) is 5.72. The number of carbonyl (C=O) groups excluding carboxylic acids is 1. The van der Waals surface area contributed by atoms with Gasteiger partial charge in [-0.25, -0.2) is 4.79 Å². The summed E-state index contributed by atoms with van der Waals surface area (Å²) in [5.41, 5.74) is 7.08. The van der Waals surface area contributed by atoms with Crippen LogP contribution in [0.2, 0.25) is 5.02 Å². The minimum atomic E-state index is -0.687. The van der Waals surface area contributed by atoms with Crippen molar-refractivity contribution in [2.75, 3.05) is 19.6 Å². The highest BCUT2D eigenvalue weighted by molar-refractivity contribution is 6.32. The first-order valence-corrected chi connectivity index (χ1v) is 9.58. The highest BCUT2D eigenvalue weighted by Crippen LogP contribution is 2.32. The van der Waals surface area contributed by atoms with E-state index in [9.17, 15) is 9.59 Å². The molecule has 0 spiro atoms. The molecule has 0 saturated carbocycles. The number of nitrogens with two attached hydrogens (primary N) is 1. The normalized spacial score (nSPS) is 16.6. The molecule has 1 aromatic carbocycles. The Labute approximate surface area is 163 Å². The average Bonchev–Trinajstić information content (AvgIpc) is 2.67. The van der Waals surface area contributed by atoms with Crippen molar-refractivity contribution >= 4 is 28.5 Å². The SMILES string of the molecule is Cc1c(C)c2cc(Cl)c(OC(C)C(=O)N3CCC(CN)CC3)cc2oc1=O. The number of aryl methyl sites for hydroxylation is 1. The highest BCUT2D eigenvalue weighted by atomic mass is 35.5. The Morgan fingerprint density at radius 3 is 2.63 bits per heavy atom. The molecule has 146 valence electrons. The van der Waals surface area contributed by atoms with E-state index in [2.05, 4.69) is 0 Å². The summed E-state index contributed by atoms with van der Waals surface area (Å²) in [5, 5.41) is 1.13. The standard InChI is InChI=1S/C20H25ClN2O4/c1-11-12(2)20(25)27-17-9-18(16(21)8-15(11)17)26-13(3)19(24)23-6-4-14(10-22)5-7-23/h8-9,13-14H,4-7,10,22H2,1-3H3. The van der Waals surface area contributed by atoms with E-state index in [0.717, 1.165) is 23.8 Å². The molecular formula is C20H25ClN2O4. The molecular weight excluding hydrogens is 368 g/mol. The van der Waals surface area contributed by atoms with Gasteiger partial charge in [-0.05, 0) is 57.7 Å². The van der Waals surface area contributed by atoms with E-state index < -0.39 is 6.10 Å². The van der Waals surface area contributed by atoms with Gasteiger partial charge in [0.2, 0.25) is 0 Å². The molecule has 2 N–H and O–H groups in total. The summed E-state index contributed by atoms with van der Waals surface area (Å²) in [6, 6.07) is 3.29. The summed E-state index contributed by atoms with van der Waals surface area (Å²) < 4.78 is 11.2. The largest absolute Gasteiger partial charge is 0.479 e. The van der Waals surface area contributed by atoms with E-state index in [-0.39, 0.29) is 11.5 Å². The van der Waals surface area contributed by atoms with Crippen LogP contribution in [0, 0.1) is 19.8 Å². The van der Waals surface area contributed by atoms with E-state index in [4.69, 9.17) is 26.5 Å². The molecule has 1 aliphatic heterocycles. The molecule has 1 fully saturated rings. The predicted octanol–water partition coefficient (Wildman–Crippen LogP) is 3.03. The number of benzene rings is 1. The molecule has 27 heavy (non-hydrogen) atoms. The van der Waals surface area contributed by atoms with Crippen LogP contribution in [0.3, 0.4) is 0 Å². The van der Waals surface area contributed by atoms with Crippen LogP contribution < -0.4 is 16.1 Å². The molecule has 1 atom stereocenters. The van der Waals surface area contributed by atoms with Crippen molar-refractivity contribution in [3.63, 3.8) is 0 Å². The molecule has 2 aromatic rings. The van der Waals surface area contributed by atoms with Crippen LogP contribution in [-0.4, -0.2) is 36.5 Å². The van der Waals surface area contributed by atoms with Gasteiger partial charge in [-0.2, -0.15) is 0 Å². The number of hydrogen-bond donors (Lipinski definition) is 1. The van der Waals surface area contributed by atoms with Gasteiger partial charge < -0.3 is 19.8 Å². The maximum atomic E-state index is 12.7. The van der Waals surface area contributed by atoms with E-state index >= 15 is 0 Å². The predicted molar refractivity (Wildman–Crippen MR) is 105 cm³/mol. The van der Waals surface area contributed by atoms with Crippen LogP contribution in [0.25, 0.3) is 11.0 Å². The summed E-state index contributed by atoms with van der Waals surface area (Å²) in [7, 11) is 0. The molecule has 3 rings (SSSR count). The quantitative estimate of drug-likeness (QED) is 0.808. The molecule has 7 heteroatoms. The van der Waals surface area contributed by atoms with Gasteiger partial charge in [-0.3, -0.25) is 4.79 Å². The van der Waals surface area contributed by atoms with Gasteiger partial charge in [0.05, 0.1) is 5.02 Å². The van der Waals surface area contributed by atoms with Gasteiger partial charge >= 0.3 is 5.63 Å². The van der Waals surface area contributed by atoms with Gasteiger partial charge in [-0.1, -0.05) is 11.6 Å². The van der Waals surface area contributed by atoms with E-state index in [0.29, 0.717) is 47.5 Å². The van der Waals surface area contributed by atoms with E-state index in [1.54, 1.807) is 30.9 Å². The van der Waals surface area contributed by atoms with Gasteiger partial charge in [-0.15, -0.1) is 0 Å². The van der Waals surface area contributed by atoms with Crippen LogP contribution >= 0.6 is 11.6 Å². The summed E-state index contributed by atoms with van der Waals surface area (Å²) in [6.45, 7) is 7.30. The lowest BCUT2D eigenvalue weighted by Crippen LogP contribution is -2.45. The summed E-state index contributed by atoms with van der Waals surface area (Å²) in [6.07, 6.45) is 1.14. The first-order chi connectivity index (χ1) is 12.8. The molecule has 1 saturated heterocycles. The van der Waals surface area contributed by atoms with Crippen LogP contribution in [0.15, 0.2) is 21.3 Å². The van der Waals surface area contributed by atoms with Crippen LogP contribution in [0.1, 0.15) is 30.9 Å². The minimum absolute atomic E-state index is 0.0804. The van der Waals surface area contributed by atoms with Crippen molar-refractivity contribution in [3.05, 3.63) is 38.7 Å². The number of likely N-dealkylation sites (tertiary alicyclic amines) is 1. The fourth-order valence-electron chi connectivity index (χ4n) is 3.42. The van der Waals surface area contributed by atoms with E-state index in [1.807, 2.05) is 6.92 Å². The zero-order valence-corrected chi connectivity index (χ0v) is 16.6. The Kier molecular flexibility index (Phi) is 5.77. The summed E-state index contributed by atoms with van der Waals surface area (Å²) in [4.78, 5) is 26.4. The number of carbonyl (C=O) groups is 1. The van der Waals surface area contributed by atoms with Crippen molar-refractivity contribution in [1.82, 2.24) is 4.90 Å². The van der Waals surface area contributed by atoms with Crippen molar-refractivity contribution in [2.45, 2.75) is 39.7 Å². The lowest BCUT2D eigenvalue weighted by atomic mass is 9.97. The first-order valence-electron chi connectivity index (χ1n) is 9.21. The number of hydrogen-bond acceptors (Lipinski definition) is 5. The third kappa shape index (κ3) is 3.96. The van der Waals surface area contributed by atoms with Crippen molar-refractivity contribution in [1.29, 1.82) is 0 Å². The average molecular weight is 393 g/mol. The Balaban J connectivity index is 1.79. The topological polar surface area (TPSA) is 85.8 Å². The Morgan fingerprint density at radius 1 is 1.33 bits per heavy atom. The second-order valence-electron chi connectivity index (χ2n) is 7.18. The zero-order chi connectivity index (χ0) is 19.7. The zero-order valence-electron chi connectivity index (χ0n) is 15.9. The first kappa shape index (κ1) is 19.7. The second-order valence-corrected chi connectivity index (χ2v) is 7.59. The van der Waals surface area contributed by atoms with Gasteiger partial charge in [0.1, 0.15) is 11.3 Å². The maximum Gasteiger partial charge on any atom is 0.339 e. The van der Waals surface area contributed by atoms with Crippen LogP contribution in [-0.2, 0) is 4.79 Å². The number of ether oxygens (including phenoxy) is 1. The second kappa shape index (κ2) is 7.90. The van der Waals surface area contributed by atoms with Gasteiger partial charge in [0.25, 0.3) is 5.91 Å². The van der Waals surface area contributed by atoms with Crippen LogP contribution in [0.4, 0.5) is 0 Å². The number of rotatable bonds is 4. The molecule has 0 radical (unpaired) electrons. The van der Waals surface area contributed by atoms with Crippen LogP contribution in [0.5, 0.6) is 5.75 Å². The van der Waals surface area contributed by atoms with E-state index in [1.165, 1.54) is 0 Å². The molecule has 1 amide bonds. The van der Waals surface area contributed by atoms with Gasteiger partial charge in [0.15, 0.2) is 6.10 Å². The van der Waals surface area contributed by atoms with Crippen molar-refractivity contribution in [3.8, 4) is 5.75 Å². The molecule has 1 aromatic heterocycles. The summed E-state index contributed by atoms with van der Waals surface area (Å²) in [5.74, 6) is 0.728. The number of nitrogens with zero attached hydrogens (tertiary/aromatic N) is 1. The minimum Gasteiger partial charge on any atom is -0.479 e. The Hall–Kier alpha value is -2.05. The van der Waals surface area contributed by atoms with Crippen molar-refractivity contribution < 1.29 is 13.9 Å².